The third-order valence-corrected chi connectivity index (χ3v) is 18.8. The maximum atomic E-state index is 2.60. The summed E-state index contributed by atoms with van der Waals surface area (Å²) in [5, 5.41) is 0. The number of allylic oxidation sites excluding steroid dienone is 4. The standard InChI is InChI=1S/C21H25.C21H26.C5H5.Zr/c1-20(2,3)16-7-9-18-14(12-16)11-15-13-17(21(4,5)6)8-10-19(15)18;1-20(2,3)18-11-7-16(8-12-18)15-17-9-13-19(14-10-17)21(4,5)6;1-2-4-5-3-1;/h7-13H,1-6H3;7-14H,1-6H3;1-3H,4H2;. The maximum absolute atomic E-state index is 2.81. The van der Waals surface area contributed by atoms with E-state index in [1.807, 2.05) is 0 Å². The van der Waals surface area contributed by atoms with Crippen LogP contribution >= 0.6 is 0 Å². The molecule has 0 fully saturated rings. The first kappa shape index (κ1) is 35.0. The molecule has 0 N–H and O–H groups in total. The van der Waals surface area contributed by atoms with Crippen molar-refractivity contribution in [3.05, 3.63) is 151 Å². The molecule has 4 aromatic carbocycles. The minimum atomic E-state index is -2.81. The van der Waals surface area contributed by atoms with Crippen molar-refractivity contribution in [3.63, 3.8) is 0 Å². The molecule has 0 unspecified atom stereocenters. The fraction of sp³-hybridized carbons (Fsp3) is 0.383. The van der Waals surface area contributed by atoms with E-state index in [9.17, 15) is 0 Å². The molecule has 0 saturated carbocycles. The predicted molar refractivity (Wildman–Crippen MR) is 206 cm³/mol. The van der Waals surface area contributed by atoms with E-state index < -0.39 is 21.3 Å². The van der Waals surface area contributed by atoms with Crippen LogP contribution in [0.15, 0.2) is 106 Å². The first-order chi connectivity index (χ1) is 22.3. The summed E-state index contributed by atoms with van der Waals surface area (Å²) in [4.78, 5) is 0. The Morgan fingerprint density at radius 3 is 1.21 bits per heavy atom. The molecule has 0 nitrogen and oxygen atoms in total. The van der Waals surface area contributed by atoms with Crippen LogP contribution in [0.5, 0.6) is 0 Å². The van der Waals surface area contributed by atoms with Crippen LogP contribution in [-0.4, -0.2) is 3.21 Å². The van der Waals surface area contributed by atoms with Gasteiger partial charge in [-0.1, -0.05) is 0 Å². The molecule has 0 spiro atoms. The van der Waals surface area contributed by atoms with E-state index in [-0.39, 0.29) is 21.7 Å². The van der Waals surface area contributed by atoms with Crippen LogP contribution in [0.2, 0.25) is 0 Å². The van der Waals surface area contributed by atoms with Crippen molar-refractivity contribution >= 4 is 3.21 Å². The number of fused-ring (bicyclic) bond motifs is 3. The molecule has 0 radical (unpaired) electrons. The molecule has 0 amide bonds. The van der Waals surface area contributed by atoms with Gasteiger partial charge in [-0.05, 0) is 0 Å². The summed E-state index contributed by atoms with van der Waals surface area (Å²) in [6.45, 7) is 28.1. The van der Waals surface area contributed by atoms with Gasteiger partial charge in [-0.25, -0.2) is 0 Å². The van der Waals surface area contributed by atoms with Crippen molar-refractivity contribution in [2.24, 2.45) is 0 Å². The van der Waals surface area contributed by atoms with Gasteiger partial charge in [0.1, 0.15) is 0 Å². The van der Waals surface area contributed by atoms with Gasteiger partial charge in [-0.3, -0.25) is 0 Å². The second kappa shape index (κ2) is 12.5. The molecule has 0 atom stereocenters. The number of benzene rings is 4. The van der Waals surface area contributed by atoms with Gasteiger partial charge in [0.25, 0.3) is 0 Å². The summed E-state index contributed by atoms with van der Waals surface area (Å²) in [5.74, 6) is 0. The molecule has 2 aliphatic carbocycles. The van der Waals surface area contributed by atoms with Crippen LogP contribution in [0.4, 0.5) is 0 Å². The third kappa shape index (κ3) is 6.79. The molecule has 0 aromatic heterocycles. The van der Waals surface area contributed by atoms with Crippen molar-refractivity contribution in [3.8, 4) is 11.1 Å². The van der Waals surface area contributed by atoms with Gasteiger partial charge >= 0.3 is 301 Å². The number of hydrogen-bond donors (Lipinski definition) is 0. The second-order valence-electron chi connectivity index (χ2n) is 18.3. The normalized spacial score (nSPS) is 15.0. The molecule has 48 heavy (non-hydrogen) atoms. The zero-order valence-corrected chi connectivity index (χ0v) is 34.1. The average molecular weight is 712 g/mol. The monoisotopic (exact) mass is 710 g/mol. The van der Waals surface area contributed by atoms with E-state index in [0.29, 0.717) is 3.63 Å². The van der Waals surface area contributed by atoms with Crippen LogP contribution in [-0.2, 0) is 42.9 Å². The van der Waals surface area contributed by atoms with Crippen molar-refractivity contribution in [2.75, 3.05) is 0 Å². The first-order valence-corrected chi connectivity index (χ1v) is 21.8. The molecule has 2 aliphatic rings. The van der Waals surface area contributed by atoms with Gasteiger partial charge in [0, 0.05) is 0 Å². The van der Waals surface area contributed by atoms with Gasteiger partial charge in [0.05, 0.1) is 0 Å². The first-order valence-electron chi connectivity index (χ1n) is 18.0. The molecular formula is C47H56Zr. The molecule has 0 aliphatic heterocycles. The van der Waals surface area contributed by atoms with Crippen LogP contribution in [0.25, 0.3) is 11.1 Å². The van der Waals surface area contributed by atoms with E-state index in [1.165, 1.54) is 44.5 Å². The Hall–Kier alpha value is -2.89. The second-order valence-corrected chi connectivity index (χ2v) is 24.6. The molecule has 0 heterocycles. The van der Waals surface area contributed by atoms with Crippen molar-refractivity contribution in [1.82, 2.24) is 0 Å². The van der Waals surface area contributed by atoms with E-state index in [1.54, 1.807) is 17.6 Å². The zero-order chi connectivity index (χ0) is 34.8. The molecule has 0 saturated heterocycles. The van der Waals surface area contributed by atoms with Crippen molar-refractivity contribution < 1.29 is 21.3 Å². The summed E-state index contributed by atoms with van der Waals surface area (Å²) in [5.41, 5.74) is 14.9. The Balaban J connectivity index is 1.73. The molecular weight excluding hydrogens is 656 g/mol. The zero-order valence-electron chi connectivity index (χ0n) is 31.6. The van der Waals surface area contributed by atoms with Crippen molar-refractivity contribution in [1.29, 1.82) is 0 Å². The van der Waals surface area contributed by atoms with Gasteiger partial charge in [-0.2, -0.15) is 0 Å². The molecule has 0 bridgehead atoms. The van der Waals surface area contributed by atoms with Crippen LogP contribution in [0, 0.1) is 0 Å². The van der Waals surface area contributed by atoms with Gasteiger partial charge in [-0.15, -0.1) is 0 Å². The van der Waals surface area contributed by atoms with Crippen LogP contribution in [0.1, 0.15) is 138 Å². The summed E-state index contributed by atoms with van der Waals surface area (Å²) in [6.07, 6.45) is 8.29. The Labute approximate surface area is 299 Å². The summed E-state index contributed by atoms with van der Waals surface area (Å²) in [7, 11) is 0. The van der Waals surface area contributed by atoms with Crippen LogP contribution < -0.4 is 0 Å². The summed E-state index contributed by atoms with van der Waals surface area (Å²) < 4.78 is 3.71. The summed E-state index contributed by atoms with van der Waals surface area (Å²) >= 11 is -2.81. The van der Waals surface area contributed by atoms with Gasteiger partial charge < -0.3 is 0 Å². The summed E-state index contributed by atoms with van der Waals surface area (Å²) in [6, 6.07) is 34.3. The van der Waals surface area contributed by atoms with E-state index in [0.717, 1.165) is 6.42 Å². The molecule has 4 aromatic rings. The van der Waals surface area contributed by atoms with Crippen LogP contribution in [0.3, 0.4) is 0 Å². The predicted octanol–water partition coefficient (Wildman–Crippen LogP) is 12.7. The SMILES string of the molecule is CC(C)(C)c1ccc([C](c2ccc(C(C)(C)C)cc2)=[Zr]([C]2=CC=CC2)[CH]2c3cc(C(C)(C)C)ccc3-c3ccc(C(C)(C)C)cc32)cc1. The minimum absolute atomic E-state index is 0.0841. The number of hydrogen-bond acceptors (Lipinski definition) is 0. The number of rotatable bonds is 4. The molecule has 248 valence electrons. The average Bonchev–Trinajstić information content (AvgIpc) is 3.64. The topological polar surface area (TPSA) is 0 Å². The Bertz CT molecular complexity index is 1810. The fourth-order valence-corrected chi connectivity index (χ4v) is 16.4. The van der Waals surface area contributed by atoms with E-state index in [4.69, 9.17) is 0 Å². The van der Waals surface area contributed by atoms with E-state index in [2.05, 4.69) is 186 Å². The van der Waals surface area contributed by atoms with E-state index >= 15 is 0 Å². The van der Waals surface area contributed by atoms with Gasteiger partial charge in [0.2, 0.25) is 0 Å². The third-order valence-electron chi connectivity index (χ3n) is 10.5. The molecule has 1 heteroatoms. The Kier molecular flexibility index (Phi) is 9.08. The Morgan fingerprint density at radius 2 is 0.875 bits per heavy atom. The fourth-order valence-electron chi connectivity index (χ4n) is 7.39. The molecule has 6 rings (SSSR count). The Morgan fingerprint density at radius 1 is 0.500 bits per heavy atom. The van der Waals surface area contributed by atoms with Gasteiger partial charge in [0.15, 0.2) is 0 Å². The quantitative estimate of drug-likeness (QED) is 0.198. The van der Waals surface area contributed by atoms with Crippen molar-refractivity contribution in [2.45, 2.75) is 115 Å².